The van der Waals surface area contributed by atoms with E-state index in [4.69, 9.17) is 9.47 Å². The molecule has 8 nitrogen and oxygen atoms in total. The highest BCUT2D eigenvalue weighted by Gasteiger charge is 2.28. The number of benzene rings is 1. The van der Waals surface area contributed by atoms with E-state index in [-0.39, 0.29) is 23.8 Å². The molecule has 2 aromatic heterocycles. The number of fused-ring (bicyclic) bond motifs is 1. The summed E-state index contributed by atoms with van der Waals surface area (Å²) in [6, 6.07) is 9.02. The van der Waals surface area contributed by atoms with Gasteiger partial charge in [-0.2, -0.15) is 0 Å². The van der Waals surface area contributed by atoms with Crippen LogP contribution in [0.2, 0.25) is 0 Å². The van der Waals surface area contributed by atoms with Crippen molar-refractivity contribution in [1.29, 1.82) is 0 Å². The molecule has 0 N–H and O–H groups in total. The average molecular weight is 418 g/mol. The summed E-state index contributed by atoms with van der Waals surface area (Å²) >= 11 is 0. The molecule has 0 radical (unpaired) electrons. The first kappa shape index (κ1) is 19.3. The number of piperidine rings is 1. The van der Waals surface area contributed by atoms with E-state index in [1.54, 1.807) is 54.8 Å². The lowest BCUT2D eigenvalue weighted by atomic mass is 9.93. The highest BCUT2D eigenvalue weighted by Crippen LogP contribution is 2.33. The molecule has 5 rings (SSSR count). The fourth-order valence-corrected chi connectivity index (χ4v) is 4.20. The number of aryl methyl sites for hydroxylation is 1. The molecule has 8 heteroatoms. The minimum absolute atomic E-state index is 0.163. The van der Waals surface area contributed by atoms with E-state index in [9.17, 15) is 9.59 Å². The molecule has 3 aromatic rings. The van der Waals surface area contributed by atoms with Crippen LogP contribution in [0.1, 0.15) is 40.4 Å². The van der Waals surface area contributed by atoms with E-state index in [1.165, 1.54) is 4.57 Å². The predicted octanol–water partition coefficient (Wildman–Crippen LogP) is 2.68. The fourth-order valence-electron chi connectivity index (χ4n) is 4.20. The van der Waals surface area contributed by atoms with Crippen LogP contribution in [0, 0.1) is 6.92 Å². The Balaban J connectivity index is 1.40. The summed E-state index contributed by atoms with van der Waals surface area (Å²) in [5.74, 6) is 1.31. The predicted molar refractivity (Wildman–Crippen MR) is 113 cm³/mol. The van der Waals surface area contributed by atoms with Gasteiger partial charge in [-0.3, -0.25) is 14.2 Å². The number of hydrogen-bond acceptors (Lipinski definition) is 6. The minimum Gasteiger partial charge on any atom is -0.454 e. The third-order valence-corrected chi connectivity index (χ3v) is 5.95. The molecule has 0 spiro atoms. The van der Waals surface area contributed by atoms with Crippen LogP contribution in [0.4, 0.5) is 0 Å². The second-order valence-corrected chi connectivity index (χ2v) is 7.79. The molecule has 31 heavy (non-hydrogen) atoms. The number of pyridine rings is 1. The van der Waals surface area contributed by atoms with Crippen molar-refractivity contribution in [2.24, 2.45) is 0 Å². The molecule has 0 atom stereocenters. The number of ether oxygens (including phenoxy) is 2. The lowest BCUT2D eigenvalue weighted by Crippen LogP contribution is -2.41. The van der Waals surface area contributed by atoms with Crippen LogP contribution in [0.25, 0.3) is 5.69 Å². The summed E-state index contributed by atoms with van der Waals surface area (Å²) in [6.07, 6.45) is 6.61. The van der Waals surface area contributed by atoms with Gasteiger partial charge in [-0.05, 0) is 49.6 Å². The number of amides is 1. The van der Waals surface area contributed by atoms with E-state index >= 15 is 0 Å². The van der Waals surface area contributed by atoms with Crippen molar-refractivity contribution in [3.05, 3.63) is 76.2 Å². The lowest BCUT2D eigenvalue weighted by Gasteiger charge is -2.32. The van der Waals surface area contributed by atoms with Crippen LogP contribution in [-0.2, 0) is 0 Å². The van der Waals surface area contributed by atoms with Gasteiger partial charge in [0, 0.05) is 43.2 Å². The zero-order valence-corrected chi connectivity index (χ0v) is 17.2. The van der Waals surface area contributed by atoms with Crippen LogP contribution >= 0.6 is 0 Å². The maximum absolute atomic E-state index is 13.3. The highest BCUT2D eigenvalue weighted by molar-refractivity contribution is 5.95. The smallest absolute Gasteiger partial charge is 0.268 e. The normalized spacial score (nSPS) is 15.8. The lowest BCUT2D eigenvalue weighted by molar-refractivity contribution is 0.0709. The van der Waals surface area contributed by atoms with E-state index < -0.39 is 0 Å². The van der Waals surface area contributed by atoms with Gasteiger partial charge < -0.3 is 14.4 Å². The van der Waals surface area contributed by atoms with Gasteiger partial charge in [-0.25, -0.2) is 9.97 Å². The van der Waals surface area contributed by atoms with Crippen LogP contribution in [-0.4, -0.2) is 45.2 Å². The number of hydrogen-bond donors (Lipinski definition) is 0. The number of rotatable bonds is 3. The Hall–Kier alpha value is -3.68. The molecule has 1 amide bonds. The third-order valence-electron chi connectivity index (χ3n) is 5.95. The van der Waals surface area contributed by atoms with Crippen LogP contribution in [0.5, 0.6) is 11.5 Å². The number of carbonyl (C=O) groups excluding carboxylic acids is 1. The molecule has 4 heterocycles. The van der Waals surface area contributed by atoms with E-state index in [1.807, 2.05) is 6.07 Å². The van der Waals surface area contributed by atoms with E-state index in [2.05, 4.69) is 9.97 Å². The van der Waals surface area contributed by atoms with Crippen LogP contribution in [0.3, 0.4) is 0 Å². The molecule has 0 unspecified atom stereocenters. The van der Waals surface area contributed by atoms with Gasteiger partial charge in [0.15, 0.2) is 11.5 Å². The van der Waals surface area contributed by atoms with Gasteiger partial charge in [0.25, 0.3) is 11.5 Å². The zero-order valence-electron chi connectivity index (χ0n) is 17.2. The maximum Gasteiger partial charge on any atom is 0.268 e. The second-order valence-electron chi connectivity index (χ2n) is 7.79. The highest BCUT2D eigenvalue weighted by atomic mass is 16.7. The van der Waals surface area contributed by atoms with Crippen molar-refractivity contribution in [1.82, 2.24) is 19.4 Å². The molecular weight excluding hydrogens is 396 g/mol. The minimum atomic E-state index is -0.332. The Bertz CT molecular complexity index is 1180. The van der Waals surface area contributed by atoms with Crippen molar-refractivity contribution in [2.75, 3.05) is 19.9 Å². The Morgan fingerprint density at radius 1 is 1.10 bits per heavy atom. The zero-order chi connectivity index (χ0) is 21.4. The molecule has 158 valence electrons. The summed E-state index contributed by atoms with van der Waals surface area (Å²) < 4.78 is 12.2. The van der Waals surface area contributed by atoms with Crippen molar-refractivity contribution in [3.63, 3.8) is 0 Å². The van der Waals surface area contributed by atoms with Crippen molar-refractivity contribution in [2.45, 2.75) is 25.7 Å². The Labute approximate surface area is 179 Å². The third kappa shape index (κ3) is 3.54. The molecule has 0 saturated carbocycles. The van der Waals surface area contributed by atoms with E-state index in [0.29, 0.717) is 41.8 Å². The van der Waals surface area contributed by atoms with Gasteiger partial charge in [-0.15, -0.1) is 0 Å². The first-order chi connectivity index (χ1) is 15.1. The topological polar surface area (TPSA) is 86.5 Å². The first-order valence-corrected chi connectivity index (χ1v) is 10.3. The molecule has 1 aromatic carbocycles. The quantitative estimate of drug-likeness (QED) is 0.650. The van der Waals surface area contributed by atoms with Gasteiger partial charge in [-0.1, -0.05) is 0 Å². The number of nitrogens with zero attached hydrogens (tertiary/aromatic N) is 4. The summed E-state index contributed by atoms with van der Waals surface area (Å²) in [7, 11) is 0. The first-order valence-electron chi connectivity index (χ1n) is 10.3. The molecule has 0 aliphatic carbocycles. The Morgan fingerprint density at radius 2 is 1.90 bits per heavy atom. The number of carbonyl (C=O) groups is 1. The molecule has 2 aliphatic heterocycles. The number of likely N-dealkylation sites (tertiary alicyclic amines) is 1. The maximum atomic E-state index is 13.3. The number of aromatic nitrogens is 3. The van der Waals surface area contributed by atoms with Crippen LogP contribution < -0.4 is 15.0 Å². The molecule has 1 saturated heterocycles. The summed E-state index contributed by atoms with van der Waals surface area (Å²) in [4.78, 5) is 36.7. The fraction of sp³-hybridized carbons (Fsp3) is 0.304. The molecule has 1 fully saturated rings. The summed E-state index contributed by atoms with van der Waals surface area (Å²) in [5.41, 5.74) is 2.18. The molecular formula is C23H22N4O4. The van der Waals surface area contributed by atoms with Gasteiger partial charge in [0.1, 0.15) is 11.9 Å². The SMILES string of the molecule is Cc1ccn(-c2ccc3c(c2)OCO3)c(=O)c1C(=O)N1CCC(c2ccncn2)CC1. The molecule has 2 aliphatic rings. The van der Waals surface area contributed by atoms with Crippen molar-refractivity contribution < 1.29 is 14.3 Å². The Kier molecular flexibility index (Phi) is 4.89. The summed E-state index contributed by atoms with van der Waals surface area (Å²) in [6.45, 7) is 3.14. The summed E-state index contributed by atoms with van der Waals surface area (Å²) in [5, 5.41) is 0. The van der Waals surface area contributed by atoms with Gasteiger partial charge in [0.05, 0.1) is 5.69 Å². The Morgan fingerprint density at radius 3 is 2.68 bits per heavy atom. The van der Waals surface area contributed by atoms with Crippen molar-refractivity contribution in [3.8, 4) is 17.2 Å². The van der Waals surface area contributed by atoms with Gasteiger partial charge in [0.2, 0.25) is 6.79 Å². The molecule has 0 bridgehead atoms. The van der Waals surface area contributed by atoms with Crippen molar-refractivity contribution >= 4 is 5.91 Å². The van der Waals surface area contributed by atoms with E-state index in [0.717, 1.165) is 18.5 Å². The largest absolute Gasteiger partial charge is 0.454 e. The van der Waals surface area contributed by atoms with Gasteiger partial charge >= 0.3 is 0 Å². The standard InChI is InChI=1S/C23H22N4O4/c1-15-5-11-27(17-2-3-19-20(12-17)31-14-30-19)23(29)21(15)22(28)26-9-6-16(7-10-26)18-4-8-24-13-25-18/h2-5,8,11-13,16H,6-7,9-10,14H2,1H3. The average Bonchev–Trinajstić information content (AvgIpc) is 3.28. The second kappa shape index (κ2) is 7.86. The van der Waals surface area contributed by atoms with Crippen LogP contribution in [0.15, 0.2) is 53.8 Å². The monoisotopic (exact) mass is 418 g/mol.